The van der Waals surface area contributed by atoms with Crippen molar-refractivity contribution in [1.82, 2.24) is 35.6 Å². The van der Waals surface area contributed by atoms with Crippen LogP contribution in [0, 0.1) is 17.3 Å². The van der Waals surface area contributed by atoms with Crippen molar-refractivity contribution in [2.24, 2.45) is 17.3 Å². The van der Waals surface area contributed by atoms with Gasteiger partial charge in [-0.3, -0.25) is 33.6 Å². The molecule has 7 amide bonds. The van der Waals surface area contributed by atoms with Crippen molar-refractivity contribution in [3.8, 4) is 0 Å². The Morgan fingerprint density at radius 1 is 0.910 bits per heavy atom. The number of nitrogens with zero attached hydrogens (tertiary/aromatic N) is 4. The van der Waals surface area contributed by atoms with E-state index in [2.05, 4.69) is 16.0 Å². The van der Waals surface area contributed by atoms with E-state index in [-0.39, 0.29) is 62.4 Å². The highest BCUT2D eigenvalue weighted by atomic mass is 35.5. The second-order valence-corrected chi connectivity index (χ2v) is 20.1. The summed E-state index contributed by atoms with van der Waals surface area (Å²) in [5.41, 5.74) is -2.48. The maximum atomic E-state index is 15.1. The van der Waals surface area contributed by atoms with Gasteiger partial charge in [0.1, 0.15) is 41.7 Å². The number of amides is 7. The second kappa shape index (κ2) is 22.0. The van der Waals surface area contributed by atoms with Crippen LogP contribution in [0.4, 0.5) is 22.0 Å². The first-order chi connectivity index (χ1) is 31.3. The van der Waals surface area contributed by atoms with Crippen LogP contribution >= 0.6 is 23.2 Å². The van der Waals surface area contributed by atoms with E-state index in [1.165, 1.54) is 23.9 Å². The molecule has 2 saturated heterocycles. The highest BCUT2D eigenvalue weighted by Gasteiger charge is 2.64. The lowest BCUT2D eigenvalue weighted by Crippen LogP contribution is -2.61. The van der Waals surface area contributed by atoms with Crippen LogP contribution in [0.2, 0.25) is 10.0 Å². The fourth-order valence-corrected chi connectivity index (χ4v) is 9.98. The summed E-state index contributed by atoms with van der Waals surface area (Å²) in [6, 6.07) is -3.43. The van der Waals surface area contributed by atoms with Crippen LogP contribution in [0.25, 0.3) is 0 Å². The van der Waals surface area contributed by atoms with Crippen LogP contribution in [0.3, 0.4) is 0 Å². The number of hydrogen-bond acceptors (Lipinski definition) is 7. The second-order valence-electron chi connectivity index (χ2n) is 19.3. The number of carbonyl (C=O) groups is 7. The lowest BCUT2D eigenvalue weighted by atomic mass is 9.72. The van der Waals surface area contributed by atoms with Crippen LogP contribution < -0.4 is 16.0 Å². The van der Waals surface area contributed by atoms with Crippen LogP contribution in [0.1, 0.15) is 110 Å². The third-order valence-electron chi connectivity index (χ3n) is 13.7. The zero-order chi connectivity index (χ0) is 49.8. The minimum Gasteiger partial charge on any atom is -0.344 e. The predicted molar refractivity (Wildman–Crippen MR) is 240 cm³/mol. The van der Waals surface area contributed by atoms with Crippen LogP contribution in [0.15, 0.2) is 18.2 Å². The molecule has 2 aliphatic heterocycles. The number of alkyl halides is 5. The molecule has 0 bridgehead atoms. The molecule has 4 fully saturated rings. The summed E-state index contributed by atoms with van der Waals surface area (Å²) >= 11 is 12.8. The Balaban J connectivity index is 1.45. The fourth-order valence-electron chi connectivity index (χ4n) is 9.59. The van der Waals surface area contributed by atoms with Gasteiger partial charge in [-0.1, -0.05) is 63.2 Å². The molecular formula is C46H64Cl2F5N7O7. The number of hydrogen-bond donors (Lipinski definition) is 3. The maximum absolute atomic E-state index is 15.1. The van der Waals surface area contributed by atoms with Gasteiger partial charge in [-0.25, -0.2) is 8.78 Å². The lowest BCUT2D eigenvalue weighted by molar-refractivity contribution is -0.236. The lowest BCUT2D eigenvalue weighted by Gasteiger charge is -2.41. The average molecular weight is 993 g/mol. The van der Waals surface area contributed by atoms with E-state index in [0.717, 1.165) is 4.90 Å². The van der Waals surface area contributed by atoms with E-state index in [1.54, 1.807) is 32.2 Å². The van der Waals surface area contributed by atoms with E-state index in [9.17, 15) is 46.7 Å². The Labute approximate surface area is 398 Å². The van der Waals surface area contributed by atoms with Crippen molar-refractivity contribution in [2.45, 2.75) is 159 Å². The number of likely N-dealkylation sites (tertiary alicyclic amines) is 1. The smallest absolute Gasteiger partial charge is 0.344 e. The van der Waals surface area contributed by atoms with E-state index >= 15 is 8.78 Å². The first-order valence-electron chi connectivity index (χ1n) is 23.2. The van der Waals surface area contributed by atoms with Gasteiger partial charge in [0.15, 0.2) is 0 Å². The van der Waals surface area contributed by atoms with Crippen molar-refractivity contribution in [3.63, 3.8) is 0 Å². The molecule has 6 atom stereocenters. The minimum absolute atomic E-state index is 0.0142. The van der Waals surface area contributed by atoms with Gasteiger partial charge < -0.3 is 35.6 Å². The molecule has 0 unspecified atom stereocenters. The van der Waals surface area contributed by atoms with Gasteiger partial charge >= 0.3 is 6.18 Å². The van der Waals surface area contributed by atoms with Gasteiger partial charge in [-0.05, 0) is 93.4 Å². The molecule has 4 aliphatic rings. The van der Waals surface area contributed by atoms with Gasteiger partial charge in [-0.2, -0.15) is 13.2 Å². The van der Waals surface area contributed by atoms with E-state index in [1.807, 2.05) is 13.8 Å². The normalized spacial score (nSPS) is 26.2. The molecule has 0 spiro atoms. The molecule has 0 aromatic heterocycles. The van der Waals surface area contributed by atoms with E-state index < -0.39 is 127 Å². The van der Waals surface area contributed by atoms with Crippen molar-refractivity contribution in [2.75, 3.05) is 34.2 Å². The van der Waals surface area contributed by atoms with Gasteiger partial charge in [0.2, 0.25) is 41.4 Å². The zero-order valence-electron chi connectivity index (χ0n) is 39.0. The molecule has 14 nitrogen and oxygen atoms in total. The molecule has 1 aromatic rings. The quantitative estimate of drug-likeness (QED) is 0.232. The molecular weight excluding hydrogens is 928 g/mol. The summed E-state index contributed by atoms with van der Waals surface area (Å²) < 4.78 is 74.0. The Hall–Kier alpha value is -4.26. The molecule has 374 valence electrons. The van der Waals surface area contributed by atoms with Gasteiger partial charge in [0.25, 0.3) is 5.92 Å². The maximum Gasteiger partial charge on any atom is 0.403 e. The first-order valence-corrected chi connectivity index (χ1v) is 24.0. The van der Waals surface area contributed by atoms with E-state index in [0.29, 0.717) is 41.2 Å². The summed E-state index contributed by atoms with van der Waals surface area (Å²) in [6.07, 6.45) is -5.25. The fraction of sp³-hybridized carbons (Fsp3) is 0.717. The highest BCUT2D eigenvalue weighted by Crippen LogP contribution is 2.51. The van der Waals surface area contributed by atoms with Gasteiger partial charge in [-0.15, -0.1) is 0 Å². The molecule has 1 aromatic carbocycles. The minimum atomic E-state index is -5.05. The summed E-state index contributed by atoms with van der Waals surface area (Å²) in [7, 11) is 4.28. The third kappa shape index (κ3) is 12.7. The average Bonchev–Trinajstić information content (AvgIpc) is 4.06. The molecule has 2 saturated carbocycles. The topological polar surface area (TPSA) is 169 Å². The summed E-state index contributed by atoms with van der Waals surface area (Å²) in [5, 5.41) is 8.74. The van der Waals surface area contributed by atoms with Crippen LogP contribution in [-0.4, -0.2) is 144 Å². The van der Waals surface area contributed by atoms with Crippen molar-refractivity contribution in [1.29, 1.82) is 0 Å². The summed E-state index contributed by atoms with van der Waals surface area (Å²) in [4.78, 5) is 103. The number of likely N-dealkylation sites (N-methyl/N-ethyl adjacent to an activating group) is 3. The molecule has 5 rings (SSSR count). The van der Waals surface area contributed by atoms with Crippen LogP contribution in [0.5, 0.6) is 0 Å². The monoisotopic (exact) mass is 991 g/mol. The van der Waals surface area contributed by atoms with E-state index in [4.69, 9.17) is 23.2 Å². The summed E-state index contributed by atoms with van der Waals surface area (Å²) in [6.45, 7) is 4.19. The standard InChI is InChI=1S/C46H64Cl2F5N7O7/c1-7-31-40(64)57(4)20-12-9-13-33(37(61)55-32(21-26(2)3)41(65)59(6)34(38(62)54-31)23-28-22-29(47)16-17-30(28)48)58(5)42(66)36(27-14-15-27)56-39(63)35-24-45(49,50)25-60(35)43(67)44(46(51,52)53)18-10-8-11-19-44/h16-17,22,26-27,31-36H,7-15,18-21,23-25H2,1-6H3,(H,54,62)(H,55,61)(H,56,63)/t31-,32+,33+,34+,35+,36+/m1/s1. The van der Waals surface area contributed by atoms with Gasteiger partial charge in [0, 0.05) is 50.6 Å². The van der Waals surface area contributed by atoms with Gasteiger partial charge in [0.05, 0.1) is 6.54 Å². The molecule has 2 aliphatic carbocycles. The largest absolute Gasteiger partial charge is 0.403 e. The molecule has 2 heterocycles. The summed E-state index contributed by atoms with van der Waals surface area (Å²) in [5.74, 6) is -10.4. The zero-order valence-corrected chi connectivity index (χ0v) is 40.5. The Morgan fingerprint density at radius 2 is 1.55 bits per heavy atom. The third-order valence-corrected chi connectivity index (χ3v) is 14.4. The number of rotatable bonds is 11. The number of carbonyl (C=O) groups excluding carboxylic acids is 7. The molecule has 0 radical (unpaired) electrons. The Morgan fingerprint density at radius 3 is 2.15 bits per heavy atom. The Kier molecular flexibility index (Phi) is 17.6. The first kappa shape index (κ1) is 53.7. The predicted octanol–water partition coefficient (Wildman–Crippen LogP) is 5.90. The molecule has 21 heteroatoms. The Bertz CT molecular complexity index is 2020. The number of nitrogens with one attached hydrogen (secondary N) is 3. The number of benzene rings is 1. The van der Waals surface area contributed by atoms with Crippen LogP contribution in [-0.2, 0) is 40.0 Å². The molecule has 67 heavy (non-hydrogen) atoms. The highest BCUT2D eigenvalue weighted by molar-refractivity contribution is 6.33. The van der Waals surface area contributed by atoms with Crippen molar-refractivity contribution < 1.29 is 55.5 Å². The van der Waals surface area contributed by atoms with Crippen molar-refractivity contribution >= 4 is 64.6 Å². The SMILES string of the molecule is CC[C@H]1NC(=O)[C@H](Cc2cc(Cl)ccc2Cl)N(C)C(=O)[C@H](CC(C)C)NC(=O)[C@@H](N(C)C(=O)[C@@H](NC(=O)[C@@H]2CC(F)(F)CN2C(=O)C2(C(F)(F)F)CCCCC2)C2CC2)CCCCN(C)C1=O. The number of halogens is 7. The van der Waals surface area contributed by atoms with Crippen molar-refractivity contribution in [3.05, 3.63) is 33.8 Å². The molecule has 3 N–H and O–H groups in total.